The van der Waals surface area contributed by atoms with Crippen molar-refractivity contribution in [2.24, 2.45) is 0 Å². The lowest BCUT2D eigenvalue weighted by Crippen LogP contribution is -2.29. The molecule has 0 atom stereocenters. The summed E-state index contributed by atoms with van der Waals surface area (Å²) in [5.41, 5.74) is 6.05. The number of hydrogen-bond donors (Lipinski definition) is 3. The maximum Gasteiger partial charge on any atom is 0.295 e. The maximum atomic E-state index is 13.5. The Labute approximate surface area is 161 Å². The molecule has 28 heavy (non-hydrogen) atoms. The summed E-state index contributed by atoms with van der Waals surface area (Å²) in [5.74, 6) is -0.210. The quantitative estimate of drug-likeness (QED) is 0.462. The zero-order valence-electron chi connectivity index (χ0n) is 15.7. The van der Waals surface area contributed by atoms with Crippen LogP contribution in [0.1, 0.15) is 11.3 Å². The molecule has 0 bridgehead atoms. The highest BCUT2D eigenvalue weighted by Gasteiger charge is 2.21. The van der Waals surface area contributed by atoms with Gasteiger partial charge in [0, 0.05) is 60.4 Å². The number of rotatable bonds is 5. The summed E-state index contributed by atoms with van der Waals surface area (Å²) in [6.45, 7) is 3.29. The molecule has 2 aromatic heterocycles. The van der Waals surface area contributed by atoms with Crippen LogP contribution in [0, 0.1) is 5.82 Å². The lowest BCUT2D eigenvalue weighted by Gasteiger charge is -2.29. The smallest absolute Gasteiger partial charge is 0.295 e. The molecule has 2 aromatic carbocycles. The first-order valence-electron chi connectivity index (χ1n) is 9.54. The highest BCUT2D eigenvalue weighted by Crippen LogP contribution is 2.32. The van der Waals surface area contributed by atoms with E-state index in [0.29, 0.717) is 6.01 Å². The Morgan fingerprint density at radius 3 is 3.04 bits per heavy atom. The second kappa shape index (κ2) is 6.83. The van der Waals surface area contributed by atoms with E-state index < -0.39 is 0 Å². The van der Waals surface area contributed by atoms with E-state index in [0.717, 1.165) is 60.3 Å². The zero-order valence-corrected chi connectivity index (χ0v) is 15.7. The first-order chi connectivity index (χ1) is 13.7. The third kappa shape index (κ3) is 2.97. The van der Waals surface area contributed by atoms with Crippen LogP contribution in [0.15, 0.2) is 40.8 Å². The predicted octanol–water partition coefficient (Wildman–Crippen LogP) is 3.64. The highest BCUT2D eigenvalue weighted by atomic mass is 19.1. The highest BCUT2D eigenvalue weighted by molar-refractivity contribution is 5.86. The number of fused-ring (bicyclic) bond motifs is 4. The van der Waals surface area contributed by atoms with Crippen molar-refractivity contribution >= 4 is 33.7 Å². The van der Waals surface area contributed by atoms with Crippen molar-refractivity contribution in [3.8, 4) is 0 Å². The first kappa shape index (κ1) is 17.1. The number of likely N-dealkylation sites (N-methyl/N-ethyl adjacent to an activating group) is 1. The van der Waals surface area contributed by atoms with Crippen molar-refractivity contribution < 1.29 is 8.81 Å². The molecule has 3 N–H and O–H groups in total. The van der Waals surface area contributed by atoms with Gasteiger partial charge in [-0.1, -0.05) is 0 Å². The normalized spacial score (nSPS) is 14.0. The summed E-state index contributed by atoms with van der Waals surface area (Å²) in [6.07, 6.45) is 0.902. The lowest BCUT2D eigenvalue weighted by molar-refractivity contribution is 0.612. The van der Waals surface area contributed by atoms with Crippen LogP contribution >= 0.6 is 0 Å². The molecule has 144 valence electrons. The minimum Gasteiger partial charge on any atom is -0.424 e. The van der Waals surface area contributed by atoms with Crippen molar-refractivity contribution in [1.82, 2.24) is 15.3 Å². The van der Waals surface area contributed by atoms with Crippen molar-refractivity contribution in [3.63, 3.8) is 0 Å². The van der Waals surface area contributed by atoms with Gasteiger partial charge in [-0.3, -0.25) is 0 Å². The number of hydrogen-bond acceptors (Lipinski definition) is 5. The predicted molar refractivity (Wildman–Crippen MR) is 109 cm³/mol. The molecule has 0 unspecified atom stereocenters. The van der Waals surface area contributed by atoms with E-state index in [1.807, 2.05) is 19.2 Å². The summed E-state index contributed by atoms with van der Waals surface area (Å²) < 4.78 is 19.3. The third-order valence-corrected chi connectivity index (χ3v) is 5.32. The molecule has 3 heterocycles. The largest absolute Gasteiger partial charge is 0.424 e. The Morgan fingerprint density at radius 1 is 1.21 bits per heavy atom. The number of benzene rings is 2. The Hall–Kier alpha value is -3.06. The summed E-state index contributed by atoms with van der Waals surface area (Å²) in [5, 5.41) is 7.36. The molecule has 0 saturated carbocycles. The van der Waals surface area contributed by atoms with Gasteiger partial charge in [0.15, 0.2) is 5.58 Å². The molecule has 0 saturated heterocycles. The fourth-order valence-corrected chi connectivity index (χ4v) is 3.90. The minimum absolute atomic E-state index is 0.210. The monoisotopic (exact) mass is 379 g/mol. The molecule has 1 aliphatic heterocycles. The first-order valence-corrected chi connectivity index (χ1v) is 9.54. The fraction of sp³-hybridized carbons (Fsp3) is 0.286. The number of oxazole rings is 1. The van der Waals surface area contributed by atoms with Gasteiger partial charge in [-0.15, -0.1) is 0 Å². The number of nitrogens with zero attached hydrogens (tertiary/aromatic N) is 2. The van der Waals surface area contributed by atoms with Crippen LogP contribution in [0.3, 0.4) is 0 Å². The minimum atomic E-state index is -0.210. The standard InChI is InChI=1S/C21H22FN5O/c1-23-7-8-24-21-26-19-11-14(3-5-20(19)28-21)27-9-6-17-16(12-27)15-4-2-13(22)10-18(15)25-17/h2-5,10-11,23,25H,6-9,12H2,1H3,(H,24,26). The van der Waals surface area contributed by atoms with Gasteiger partial charge in [0.2, 0.25) is 0 Å². The Balaban J connectivity index is 1.42. The van der Waals surface area contributed by atoms with Crippen LogP contribution in [-0.2, 0) is 13.0 Å². The van der Waals surface area contributed by atoms with Crippen molar-refractivity contribution in [3.05, 3.63) is 53.5 Å². The van der Waals surface area contributed by atoms with E-state index in [1.54, 1.807) is 6.07 Å². The van der Waals surface area contributed by atoms with Gasteiger partial charge in [-0.05, 0) is 43.4 Å². The third-order valence-electron chi connectivity index (χ3n) is 5.32. The van der Waals surface area contributed by atoms with Crippen LogP contribution in [0.5, 0.6) is 0 Å². The summed E-state index contributed by atoms with van der Waals surface area (Å²) in [7, 11) is 1.91. The van der Waals surface area contributed by atoms with Gasteiger partial charge in [0.25, 0.3) is 6.01 Å². The lowest BCUT2D eigenvalue weighted by atomic mass is 10.0. The maximum absolute atomic E-state index is 13.5. The molecule has 0 fully saturated rings. The molecule has 0 amide bonds. The van der Waals surface area contributed by atoms with E-state index in [4.69, 9.17) is 4.42 Å². The Kier molecular flexibility index (Phi) is 4.16. The molecule has 1 aliphatic rings. The van der Waals surface area contributed by atoms with Gasteiger partial charge < -0.3 is 24.9 Å². The average molecular weight is 379 g/mol. The summed E-state index contributed by atoms with van der Waals surface area (Å²) in [4.78, 5) is 10.3. The zero-order chi connectivity index (χ0) is 19.1. The number of aromatic amines is 1. The van der Waals surface area contributed by atoms with Crippen molar-refractivity contribution in [2.75, 3.05) is 36.9 Å². The Bertz CT molecular complexity index is 1150. The van der Waals surface area contributed by atoms with Crippen molar-refractivity contribution in [2.45, 2.75) is 13.0 Å². The molecule has 0 spiro atoms. The van der Waals surface area contributed by atoms with E-state index in [1.165, 1.54) is 17.3 Å². The van der Waals surface area contributed by atoms with E-state index in [9.17, 15) is 4.39 Å². The van der Waals surface area contributed by atoms with Crippen molar-refractivity contribution in [1.29, 1.82) is 0 Å². The van der Waals surface area contributed by atoms with E-state index in [2.05, 4.69) is 37.6 Å². The van der Waals surface area contributed by atoms with Crippen LogP contribution in [0.4, 0.5) is 16.1 Å². The molecule has 0 radical (unpaired) electrons. The SMILES string of the molecule is CNCCNc1nc2cc(N3CCc4[nH]c5cc(F)ccc5c4C3)ccc2o1. The van der Waals surface area contributed by atoms with Crippen LogP contribution in [0.2, 0.25) is 0 Å². The van der Waals surface area contributed by atoms with E-state index in [-0.39, 0.29) is 5.82 Å². The van der Waals surface area contributed by atoms with E-state index >= 15 is 0 Å². The van der Waals surface area contributed by atoms with Gasteiger partial charge in [0.05, 0.1) is 0 Å². The number of aromatic nitrogens is 2. The molecular formula is C21H22FN5O. The van der Waals surface area contributed by atoms with Gasteiger partial charge in [-0.25, -0.2) is 4.39 Å². The molecular weight excluding hydrogens is 357 g/mol. The summed E-state index contributed by atoms with van der Waals surface area (Å²) in [6, 6.07) is 11.6. The van der Waals surface area contributed by atoms with Crippen LogP contribution < -0.4 is 15.5 Å². The second-order valence-electron chi connectivity index (χ2n) is 7.14. The molecule has 5 rings (SSSR count). The van der Waals surface area contributed by atoms with Crippen LogP contribution in [-0.4, -0.2) is 36.6 Å². The molecule has 4 aromatic rings. The topological polar surface area (TPSA) is 69.1 Å². The number of halogens is 1. The fourth-order valence-electron chi connectivity index (χ4n) is 3.90. The van der Waals surface area contributed by atoms with Gasteiger partial charge >= 0.3 is 0 Å². The van der Waals surface area contributed by atoms with Gasteiger partial charge in [-0.2, -0.15) is 4.98 Å². The second-order valence-corrected chi connectivity index (χ2v) is 7.14. The number of anilines is 2. The Morgan fingerprint density at radius 2 is 2.14 bits per heavy atom. The van der Waals surface area contributed by atoms with Gasteiger partial charge in [0.1, 0.15) is 11.3 Å². The number of H-pyrrole nitrogens is 1. The summed E-state index contributed by atoms with van der Waals surface area (Å²) >= 11 is 0. The molecule has 0 aliphatic carbocycles. The molecule has 6 nitrogen and oxygen atoms in total. The van der Waals surface area contributed by atoms with Crippen LogP contribution in [0.25, 0.3) is 22.0 Å². The average Bonchev–Trinajstić information content (AvgIpc) is 3.26. The molecule has 7 heteroatoms. The number of nitrogens with one attached hydrogen (secondary N) is 3.